The molecule has 0 atom stereocenters. The molecule has 0 radical (unpaired) electrons. The van der Waals surface area contributed by atoms with Gasteiger partial charge in [0.15, 0.2) is 5.78 Å². The van der Waals surface area contributed by atoms with E-state index in [-0.39, 0.29) is 17.1 Å². The molecule has 2 aromatic carbocycles. The van der Waals surface area contributed by atoms with Gasteiger partial charge in [0.2, 0.25) is 0 Å². The van der Waals surface area contributed by atoms with Gasteiger partial charge >= 0.3 is 5.97 Å². The van der Waals surface area contributed by atoms with E-state index in [9.17, 15) is 9.59 Å². The second kappa shape index (κ2) is 7.65. The molecule has 2 aromatic rings. The van der Waals surface area contributed by atoms with Crippen LogP contribution in [0, 0.1) is 0 Å². The van der Waals surface area contributed by atoms with Crippen LogP contribution in [-0.2, 0) is 4.79 Å². The third-order valence-corrected chi connectivity index (χ3v) is 2.53. The summed E-state index contributed by atoms with van der Waals surface area (Å²) in [6.45, 7) is 4.60. The van der Waals surface area contributed by atoms with Gasteiger partial charge in [-0.1, -0.05) is 36.9 Å². The second-order valence-electron chi connectivity index (χ2n) is 4.33. The molecule has 4 nitrogen and oxygen atoms in total. The van der Waals surface area contributed by atoms with Crippen molar-refractivity contribution in [2.75, 3.05) is 0 Å². The molecule has 0 unspecified atom stereocenters. The monoisotopic (exact) mass is 284 g/mol. The van der Waals surface area contributed by atoms with E-state index in [4.69, 9.17) is 10.2 Å². The molecular formula is C17H16O4. The molecule has 0 amide bonds. The largest absolute Gasteiger partial charge is 0.508 e. The highest BCUT2D eigenvalue weighted by molar-refractivity contribution is 6.08. The number of benzene rings is 2. The van der Waals surface area contributed by atoms with Gasteiger partial charge in [0.1, 0.15) is 5.75 Å². The summed E-state index contributed by atoms with van der Waals surface area (Å²) in [5.41, 5.74) is 1.41. The fourth-order valence-corrected chi connectivity index (χ4v) is 1.37. The third kappa shape index (κ3) is 5.32. The van der Waals surface area contributed by atoms with E-state index in [0.717, 1.165) is 0 Å². The van der Waals surface area contributed by atoms with Crippen LogP contribution in [0.25, 0.3) is 0 Å². The molecule has 2 N–H and O–H groups in total. The maximum Gasteiger partial charge on any atom is 0.330 e. The van der Waals surface area contributed by atoms with Crippen molar-refractivity contribution in [2.45, 2.75) is 6.92 Å². The average Bonchev–Trinajstić information content (AvgIpc) is 2.49. The van der Waals surface area contributed by atoms with Crippen LogP contribution in [0.3, 0.4) is 0 Å². The number of ketones is 1. The number of carbonyl (C=O) groups is 2. The highest BCUT2D eigenvalue weighted by Gasteiger charge is 2.07. The fourth-order valence-electron chi connectivity index (χ4n) is 1.37. The van der Waals surface area contributed by atoms with Gasteiger partial charge < -0.3 is 10.2 Å². The number of carboxylic acids is 1. The molecule has 2 rings (SSSR count). The number of aromatic hydroxyl groups is 1. The van der Waals surface area contributed by atoms with E-state index >= 15 is 0 Å². The number of phenolic OH excluding ortho intramolecular Hbond substituents is 1. The summed E-state index contributed by atoms with van der Waals surface area (Å²) in [6, 6.07) is 15.3. The van der Waals surface area contributed by atoms with Crippen molar-refractivity contribution in [2.24, 2.45) is 0 Å². The van der Waals surface area contributed by atoms with Crippen LogP contribution in [0.1, 0.15) is 22.8 Å². The Balaban J connectivity index is 0.000000315. The van der Waals surface area contributed by atoms with E-state index in [1.807, 2.05) is 18.2 Å². The average molecular weight is 284 g/mol. The second-order valence-corrected chi connectivity index (χ2v) is 4.33. The zero-order chi connectivity index (χ0) is 15.8. The summed E-state index contributed by atoms with van der Waals surface area (Å²) in [5.74, 6) is -0.801. The third-order valence-electron chi connectivity index (χ3n) is 2.53. The first-order chi connectivity index (χ1) is 9.91. The van der Waals surface area contributed by atoms with Gasteiger partial charge in [-0.05, 0) is 31.2 Å². The molecular weight excluding hydrogens is 268 g/mol. The normalized spacial score (nSPS) is 9.19. The summed E-state index contributed by atoms with van der Waals surface area (Å²) in [7, 11) is 0. The van der Waals surface area contributed by atoms with Crippen molar-refractivity contribution in [1.29, 1.82) is 0 Å². The van der Waals surface area contributed by atoms with Crippen molar-refractivity contribution in [1.82, 2.24) is 0 Å². The van der Waals surface area contributed by atoms with Crippen molar-refractivity contribution < 1.29 is 19.8 Å². The van der Waals surface area contributed by atoms with E-state index in [0.29, 0.717) is 11.1 Å². The van der Waals surface area contributed by atoms with Gasteiger partial charge in [-0.3, -0.25) is 4.79 Å². The fraction of sp³-hybridized carbons (Fsp3) is 0.0588. The first-order valence-corrected chi connectivity index (χ1v) is 6.19. The zero-order valence-corrected chi connectivity index (χ0v) is 11.6. The Bertz CT molecular complexity index is 616. The van der Waals surface area contributed by atoms with Gasteiger partial charge in [0, 0.05) is 16.7 Å². The van der Waals surface area contributed by atoms with Crippen LogP contribution < -0.4 is 0 Å². The minimum absolute atomic E-state index is 0.0319. The highest BCUT2D eigenvalue weighted by atomic mass is 16.4. The zero-order valence-electron chi connectivity index (χ0n) is 11.6. The molecule has 0 aliphatic rings. The molecule has 0 aliphatic heterocycles. The quantitative estimate of drug-likeness (QED) is 0.670. The molecule has 0 saturated heterocycles. The van der Waals surface area contributed by atoms with Crippen molar-refractivity contribution in [3.8, 4) is 5.75 Å². The van der Waals surface area contributed by atoms with Gasteiger partial charge in [0.25, 0.3) is 0 Å². The first kappa shape index (κ1) is 16.2. The van der Waals surface area contributed by atoms with Crippen molar-refractivity contribution >= 4 is 11.8 Å². The predicted octanol–water partition coefficient (Wildman–Crippen LogP) is 3.27. The molecule has 21 heavy (non-hydrogen) atoms. The number of rotatable bonds is 3. The Morgan fingerprint density at radius 2 is 1.33 bits per heavy atom. The molecule has 4 heteroatoms. The highest BCUT2D eigenvalue weighted by Crippen LogP contribution is 2.13. The Labute approximate surface area is 123 Å². The smallest absolute Gasteiger partial charge is 0.330 e. The minimum Gasteiger partial charge on any atom is -0.508 e. The lowest BCUT2D eigenvalue weighted by Crippen LogP contribution is -1.99. The molecule has 108 valence electrons. The minimum atomic E-state index is -0.935. The Hall–Kier alpha value is -2.88. The predicted molar refractivity (Wildman–Crippen MR) is 80.4 cm³/mol. The maximum absolute atomic E-state index is 11.9. The van der Waals surface area contributed by atoms with Crippen LogP contribution in [-0.4, -0.2) is 22.0 Å². The number of phenols is 1. The van der Waals surface area contributed by atoms with Crippen LogP contribution in [0.5, 0.6) is 5.75 Å². The summed E-state index contributed by atoms with van der Waals surface area (Å²) in [4.78, 5) is 21.5. The number of hydrogen-bond acceptors (Lipinski definition) is 3. The van der Waals surface area contributed by atoms with E-state index in [1.54, 1.807) is 24.3 Å². The van der Waals surface area contributed by atoms with Crippen LogP contribution in [0.2, 0.25) is 0 Å². The molecule has 0 bridgehead atoms. The van der Waals surface area contributed by atoms with E-state index in [1.165, 1.54) is 19.1 Å². The molecule has 0 aliphatic carbocycles. The van der Waals surface area contributed by atoms with Gasteiger partial charge in [-0.25, -0.2) is 4.79 Å². The number of carboxylic acid groups (broad SMARTS) is 1. The van der Waals surface area contributed by atoms with E-state index < -0.39 is 5.97 Å². The van der Waals surface area contributed by atoms with Crippen molar-refractivity contribution in [3.05, 3.63) is 77.9 Å². The lowest BCUT2D eigenvalue weighted by molar-refractivity contribution is -0.132. The lowest BCUT2D eigenvalue weighted by atomic mass is 10.0. The maximum atomic E-state index is 11.9. The van der Waals surface area contributed by atoms with Gasteiger partial charge in [-0.2, -0.15) is 0 Å². The van der Waals surface area contributed by atoms with Gasteiger partial charge in [-0.15, -0.1) is 0 Å². The Morgan fingerprint density at radius 1 is 0.905 bits per heavy atom. The number of aliphatic carboxylic acids is 1. The lowest BCUT2D eigenvalue weighted by Gasteiger charge is -2.00. The first-order valence-electron chi connectivity index (χ1n) is 6.19. The number of hydrogen-bond donors (Lipinski definition) is 2. The summed E-state index contributed by atoms with van der Waals surface area (Å²) in [5, 5.41) is 17.0. The van der Waals surface area contributed by atoms with Gasteiger partial charge in [0.05, 0.1) is 0 Å². The van der Waals surface area contributed by atoms with Crippen LogP contribution in [0.4, 0.5) is 0 Å². The topological polar surface area (TPSA) is 74.6 Å². The summed E-state index contributed by atoms with van der Waals surface area (Å²) >= 11 is 0. The number of carbonyl (C=O) groups excluding carboxylic acids is 1. The standard InChI is InChI=1S/C13H10O2.C4H6O2/c14-12-8-6-11(7-9-12)13(15)10-4-2-1-3-5-10;1-3(2)4(5)6/h1-9,14H;1H2,2H3,(H,5,6). The van der Waals surface area contributed by atoms with Crippen LogP contribution in [0.15, 0.2) is 66.7 Å². The SMILES string of the molecule is C=C(C)C(=O)O.O=C(c1ccccc1)c1ccc(O)cc1. The van der Waals surface area contributed by atoms with Crippen molar-refractivity contribution in [3.63, 3.8) is 0 Å². The molecule has 0 fully saturated rings. The summed E-state index contributed by atoms with van der Waals surface area (Å²) < 4.78 is 0. The van der Waals surface area contributed by atoms with Crippen LogP contribution >= 0.6 is 0 Å². The van der Waals surface area contributed by atoms with E-state index in [2.05, 4.69) is 6.58 Å². The molecule has 0 heterocycles. The summed E-state index contributed by atoms with van der Waals surface area (Å²) in [6.07, 6.45) is 0. The Morgan fingerprint density at radius 3 is 1.76 bits per heavy atom. The molecule has 0 saturated carbocycles. The molecule has 0 aromatic heterocycles. The Kier molecular flexibility index (Phi) is 5.89. The molecule has 0 spiro atoms.